The molecule has 0 fully saturated rings. The van der Waals surface area contributed by atoms with Crippen LogP contribution in [0.3, 0.4) is 0 Å². The van der Waals surface area contributed by atoms with Gasteiger partial charge in [0, 0.05) is 13.0 Å². The number of amides is 1. The number of hydrogen-bond acceptors (Lipinski definition) is 4. The van der Waals surface area contributed by atoms with Gasteiger partial charge in [-0.3, -0.25) is 15.5 Å². The monoisotopic (exact) mass is 202 g/mol. The molecular weight excluding hydrogens is 196 g/mol. The first-order valence-electron chi connectivity index (χ1n) is 3.31. The fourth-order valence-corrected chi connectivity index (χ4v) is 0.891. The Morgan fingerprint density at radius 2 is 2.46 bits per heavy atom. The minimum Gasteiger partial charge on any atom is -0.423 e. The SMILES string of the molecule is CC(=O)Nc1nc(Cl)cc(=N)n1O. The van der Waals surface area contributed by atoms with Crippen LogP contribution in [0.5, 0.6) is 0 Å². The van der Waals surface area contributed by atoms with Crippen LogP contribution in [0.4, 0.5) is 5.95 Å². The van der Waals surface area contributed by atoms with Crippen LogP contribution in [-0.4, -0.2) is 20.8 Å². The number of carbonyl (C=O) groups is 1. The Balaban J connectivity index is 3.20. The van der Waals surface area contributed by atoms with Gasteiger partial charge in [-0.15, -0.1) is 4.73 Å². The summed E-state index contributed by atoms with van der Waals surface area (Å²) in [5.41, 5.74) is -0.260. The van der Waals surface area contributed by atoms with Crippen molar-refractivity contribution in [1.82, 2.24) is 9.71 Å². The summed E-state index contributed by atoms with van der Waals surface area (Å²) in [6, 6.07) is 1.15. The van der Waals surface area contributed by atoms with Gasteiger partial charge in [0.2, 0.25) is 11.9 Å². The molecule has 7 heteroatoms. The fraction of sp³-hybridized carbons (Fsp3) is 0.167. The van der Waals surface area contributed by atoms with Gasteiger partial charge in [-0.2, -0.15) is 4.98 Å². The standard InChI is InChI=1S/C6H7ClN4O2/c1-3(12)9-6-10-4(7)2-5(8)11(6)13/h2,8,13H,1H3,(H,9,10,12). The molecule has 0 aromatic carbocycles. The van der Waals surface area contributed by atoms with Gasteiger partial charge in [0.05, 0.1) is 0 Å². The van der Waals surface area contributed by atoms with E-state index in [4.69, 9.17) is 22.2 Å². The van der Waals surface area contributed by atoms with Crippen molar-refractivity contribution in [3.05, 3.63) is 16.7 Å². The van der Waals surface area contributed by atoms with Gasteiger partial charge in [-0.1, -0.05) is 11.6 Å². The highest BCUT2D eigenvalue weighted by atomic mass is 35.5. The number of carbonyl (C=O) groups excluding carboxylic acids is 1. The summed E-state index contributed by atoms with van der Waals surface area (Å²) in [6.07, 6.45) is 0. The molecule has 70 valence electrons. The molecule has 6 nitrogen and oxygen atoms in total. The lowest BCUT2D eigenvalue weighted by Gasteiger charge is -2.05. The maximum absolute atomic E-state index is 10.6. The lowest BCUT2D eigenvalue weighted by atomic mass is 10.6. The summed E-state index contributed by atoms with van der Waals surface area (Å²) >= 11 is 5.50. The first-order chi connectivity index (χ1) is 6.00. The largest absolute Gasteiger partial charge is 0.423 e. The van der Waals surface area contributed by atoms with Crippen molar-refractivity contribution in [2.75, 3.05) is 5.32 Å². The van der Waals surface area contributed by atoms with Gasteiger partial charge in [0.1, 0.15) is 5.15 Å². The zero-order chi connectivity index (χ0) is 10.0. The van der Waals surface area contributed by atoms with E-state index in [1.807, 2.05) is 0 Å². The van der Waals surface area contributed by atoms with Gasteiger partial charge in [-0.25, -0.2) is 0 Å². The predicted molar refractivity (Wildman–Crippen MR) is 44.6 cm³/mol. The molecule has 1 rings (SSSR count). The lowest BCUT2D eigenvalue weighted by molar-refractivity contribution is -0.114. The van der Waals surface area contributed by atoms with E-state index in [2.05, 4.69) is 10.3 Å². The molecule has 1 amide bonds. The van der Waals surface area contributed by atoms with Crippen LogP contribution in [0.2, 0.25) is 5.15 Å². The Hall–Kier alpha value is -1.56. The molecule has 0 saturated carbocycles. The maximum Gasteiger partial charge on any atom is 0.246 e. The van der Waals surface area contributed by atoms with Crippen LogP contribution in [0.25, 0.3) is 0 Å². The van der Waals surface area contributed by atoms with Crippen LogP contribution in [0.15, 0.2) is 6.07 Å². The summed E-state index contributed by atoms with van der Waals surface area (Å²) in [5, 5.41) is 18.6. The Morgan fingerprint density at radius 3 is 3.00 bits per heavy atom. The zero-order valence-corrected chi connectivity index (χ0v) is 7.46. The molecule has 0 atom stereocenters. The zero-order valence-electron chi connectivity index (χ0n) is 6.71. The van der Waals surface area contributed by atoms with E-state index in [1.54, 1.807) is 0 Å². The molecule has 0 saturated heterocycles. The molecular formula is C6H7ClN4O2. The molecule has 0 bridgehead atoms. The summed E-state index contributed by atoms with van der Waals surface area (Å²) < 4.78 is 0.424. The van der Waals surface area contributed by atoms with E-state index in [1.165, 1.54) is 6.92 Å². The highest BCUT2D eigenvalue weighted by Gasteiger charge is 2.05. The van der Waals surface area contributed by atoms with Crippen LogP contribution in [0.1, 0.15) is 6.92 Å². The summed E-state index contributed by atoms with van der Waals surface area (Å²) in [6.45, 7) is 1.26. The second-order valence-electron chi connectivity index (χ2n) is 2.28. The molecule has 1 aromatic rings. The number of halogens is 1. The molecule has 0 spiro atoms. The normalized spacial score (nSPS) is 9.69. The highest BCUT2D eigenvalue weighted by molar-refractivity contribution is 6.29. The van der Waals surface area contributed by atoms with Gasteiger partial charge in [0.15, 0.2) is 5.49 Å². The minimum atomic E-state index is -0.406. The Bertz CT molecular complexity index is 400. The third-order valence-corrected chi connectivity index (χ3v) is 1.38. The molecule has 0 aliphatic rings. The van der Waals surface area contributed by atoms with Crippen molar-refractivity contribution >= 4 is 23.5 Å². The average molecular weight is 203 g/mol. The van der Waals surface area contributed by atoms with Crippen molar-refractivity contribution in [2.45, 2.75) is 6.92 Å². The van der Waals surface area contributed by atoms with Crippen LogP contribution in [-0.2, 0) is 4.79 Å². The van der Waals surface area contributed by atoms with E-state index in [0.717, 1.165) is 6.07 Å². The minimum absolute atomic E-state index is 0.0269. The van der Waals surface area contributed by atoms with Gasteiger partial charge < -0.3 is 5.21 Å². The van der Waals surface area contributed by atoms with E-state index >= 15 is 0 Å². The predicted octanol–water partition coefficient (Wildman–Crippen LogP) is 0.212. The van der Waals surface area contributed by atoms with E-state index in [-0.39, 0.29) is 16.6 Å². The average Bonchev–Trinajstić information content (AvgIpc) is 1.98. The second-order valence-corrected chi connectivity index (χ2v) is 2.67. The molecule has 0 aliphatic carbocycles. The molecule has 0 radical (unpaired) electrons. The number of aromatic nitrogens is 2. The summed E-state index contributed by atoms with van der Waals surface area (Å²) in [5.74, 6) is -0.582. The number of rotatable bonds is 1. The van der Waals surface area contributed by atoms with Crippen molar-refractivity contribution in [1.29, 1.82) is 5.41 Å². The smallest absolute Gasteiger partial charge is 0.246 e. The van der Waals surface area contributed by atoms with Crippen LogP contribution >= 0.6 is 11.6 Å². The molecule has 3 N–H and O–H groups in total. The first kappa shape index (κ1) is 9.53. The number of nitrogens with one attached hydrogen (secondary N) is 2. The maximum atomic E-state index is 10.6. The molecule has 0 aliphatic heterocycles. The van der Waals surface area contributed by atoms with Crippen molar-refractivity contribution in [2.24, 2.45) is 0 Å². The third-order valence-electron chi connectivity index (χ3n) is 1.19. The fourth-order valence-electron chi connectivity index (χ4n) is 0.707. The van der Waals surface area contributed by atoms with Crippen molar-refractivity contribution < 1.29 is 10.0 Å². The highest BCUT2D eigenvalue weighted by Crippen LogP contribution is 2.04. The molecule has 0 unspecified atom stereocenters. The van der Waals surface area contributed by atoms with Crippen LogP contribution in [0, 0.1) is 5.41 Å². The second kappa shape index (κ2) is 3.44. The van der Waals surface area contributed by atoms with Crippen molar-refractivity contribution in [3.63, 3.8) is 0 Å². The van der Waals surface area contributed by atoms with Crippen molar-refractivity contribution in [3.8, 4) is 0 Å². The third kappa shape index (κ3) is 2.19. The Morgan fingerprint density at radius 1 is 1.85 bits per heavy atom. The first-order valence-corrected chi connectivity index (χ1v) is 3.69. The summed E-state index contributed by atoms with van der Waals surface area (Å²) in [4.78, 5) is 14.2. The topological polar surface area (TPSA) is 91.0 Å². The Kier molecular flexibility index (Phi) is 2.52. The Labute approximate surface area is 78.3 Å². The quantitative estimate of drug-likeness (QED) is 0.449. The summed E-state index contributed by atoms with van der Waals surface area (Å²) in [7, 11) is 0. The van der Waals surface area contributed by atoms with E-state index < -0.39 is 5.91 Å². The molecule has 1 heterocycles. The molecule has 1 aromatic heterocycles. The molecule has 13 heavy (non-hydrogen) atoms. The van der Waals surface area contributed by atoms with Crippen LogP contribution < -0.4 is 10.8 Å². The number of hydrogen-bond donors (Lipinski definition) is 3. The van der Waals surface area contributed by atoms with E-state index in [0.29, 0.717) is 4.73 Å². The number of nitrogens with zero attached hydrogens (tertiary/aromatic N) is 2. The van der Waals surface area contributed by atoms with Gasteiger partial charge >= 0.3 is 0 Å². The van der Waals surface area contributed by atoms with E-state index in [9.17, 15) is 4.79 Å². The lowest BCUT2D eigenvalue weighted by Crippen LogP contribution is -2.24. The number of anilines is 1. The van der Waals surface area contributed by atoms with Gasteiger partial charge in [0.25, 0.3) is 0 Å². The van der Waals surface area contributed by atoms with Gasteiger partial charge in [-0.05, 0) is 0 Å².